The van der Waals surface area contributed by atoms with E-state index < -0.39 is 0 Å². The monoisotopic (exact) mass is 155 g/mol. The minimum Gasteiger partial charge on any atom is -0.378 e. The van der Waals surface area contributed by atoms with Gasteiger partial charge in [-0.15, -0.1) is 0 Å². The molecule has 0 bridgehead atoms. The van der Waals surface area contributed by atoms with Crippen molar-refractivity contribution in [3.63, 3.8) is 0 Å². The normalized spacial score (nSPS) is 19.2. The highest BCUT2D eigenvalue weighted by Gasteiger charge is 2.04. The molecule has 0 amide bonds. The number of rotatable bonds is 2. The van der Waals surface area contributed by atoms with E-state index in [2.05, 4.69) is 4.90 Å². The Morgan fingerprint density at radius 2 is 2.09 bits per heavy atom. The second-order valence-corrected chi connectivity index (χ2v) is 2.57. The van der Waals surface area contributed by atoms with Gasteiger partial charge in [-0.2, -0.15) is 0 Å². The lowest BCUT2D eigenvalue weighted by Crippen LogP contribution is -2.32. The Labute approximate surface area is 66.6 Å². The summed E-state index contributed by atoms with van der Waals surface area (Å²) in [6.07, 6.45) is 3.43. The molecule has 11 heavy (non-hydrogen) atoms. The van der Waals surface area contributed by atoms with Gasteiger partial charge in [0.1, 0.15) is 0 Å². The van der Waals surface area contributed by atoms with Crippen molar-refractivity contribution < 1.29 is 9.53 Å². The van der Waals surface area contributed by atoms with Crippen molar-refractivity contribution in [2.45, 2.75) is 6.92 Å². The van der Waals surface area contributed by atoms with Crippen LogP contribution in [0.3, 0.4) is 0 Å². The SMILES string of the molecule is CC(=O)/C=C/N1CCOCC1. The molecule has 0 aromatic heterocycles. The molecule has 1 rings (SSSR count). The molecule has 1 aliphatic rings. The van der Waals surface area contributed by atoms with Gasteiger partial charge in [-0.3, -0.25) is 4.79 Å². The third kappa shape index (κ3) is 3.18. The zero-order valence-corrected chi connectivity index (χ0v) is 6.75. The largest absolute Gasteiger partial charge is 0.378 e. The highest BCUT2D eigenvalue weighted by atomic mass is 16.5. The van der Waals surface area contributed by atoms with E-state index in [1.165, 1.54) is 0 Å². The molecule has 3 nitrogen and oxygen atoms in total. The lowest BCUT2D eigenvalue weighted by molar-refractivity contribution is -0.112. The van der Waals surface area contributed by atoms with Crippen molar-refractivity contribution in [1.29, 1.82) is 0 Å². The first kappa shape index (κ1) is 8.27. The Morgan fingerprint density at radius 1 is 1.45 bits per heavy atom. The van der Waals surface area contributed by atoms with Gasteiger partial charge in [-0.25, -0.2) is 0 Å². The van der Waals surface area contributed by atoms with Crippen LogP contribution in [-0.4, -0.2) is 37.0 Å². The maximum Gasteiger partial charge on any atom is 0.154 e. The van der Waals surface area contributed by atoms with Crippen LogP contribution in [0.15, 0.2) is 12.3 Å². The molecule has 0 aliphatic carbocycles. The van der Waals surface area contributed by atoms with Crippen molar-refractivity contribution in [2.75, 3.05) is 26.3 Å². The summed E-state index contributed by atoms with van der Waals surface area (Å²) in [5, 5.41) is 0. The van der Waals surface area contributed by atoms with Gasteiger partial charge in [0.2, 0.25) is 0 Å². The summed E-state index contributed by atoms with van der Waals surface area (Å²) in [4.78, 5) is 12.6. The molecular weight excluding hydrogens is 142 g/mol. The van der Waals surface area contributed by atoms with Crippen molar-refractivity contribution in [3.8, 4) is 0 Å². The molecule has 0 unspecified atom stereocenters. The molecule has 0 aromatic rings. The number of allylic oxidation sites excluding steroid dienone is 1. The van der Waals surface area contributed by atoms with E-state index in [-0.39, 0.29) is 5.78 Å². The molecule has 1 heterocycles. The van der Waals surface area contributed by atoms with Crippen molar-refractivity contribution in [3.05, 3.63) is 12.3 Å². The average molecular weight is 155 g/mol. The number of carbonyl (C=O) groups excluding carboxylic acids is 1. The Kier molecular flexibility index (Phi) is 3.11. The van der Waals surface area contributed by atoms with Gasteiger partial charge in [-0.1, -0.05) is 0 Å². The number of ether oxygens (including phenoxy) is 1. The van der Waals surface area contributed by atoms with Crippen molar-refractivity contribution in [2.24, 2.45) is 0 Å². The zero-order chi connectivity index (χ0) is 8.10. The summed E-state index contributed by atoms with van der Waals surface area (Å²) in [5.74, 6) is 0.0940. The van der Waals surface area contributed by atoms with Crippen LogP contribution < -0.4 is 0 Å². The summed E-state index contributed by atoms with van der Waals surface area (Å²) in [7, 11) is 0. The fourth-order valence-electron chi connectivity index (χ4n) is 0.937. The summed E-state index contributed by atoms with van der Waals surface area (Å²) in [6, 6.07) is 0. The Morgan fingerprint density at radius 3 is 2.64 bits per heavy atom. The van der Waals surface area contributed by atoms with E-state index in [0.29, 0.717) is 0 Å². The molecule has 0 aromatic carbocycles. The molecule has 0 saturated carbocycles. The van der Waals surface area contributed by atoms with Crippen LogP contribution in [0.4, 0.5) is 0 Å². The first-order valence-corrected chi connectivity index (χ1v) is 3.79. The predicted molar refractivity (Wildman–Crippen MR) is 42.2 cm³/mol. The predicted octanol–water partition coefficient (Wildman–Crippen LogP) is 0.421. The molecular formula is C8H13NO2. The van der Waals surface area contributed by atoms with Gasteiger partial charge in [0.15, 0.2) is 5.78 Å². The van der Waals surface area contributed by atoms with Crippen molar-refractivity contribution >= 4 is 5.78 Å². The fraction of sp³-hybridized carbons (Fsp3) is 0.625. The van der Waals surface area contributed by atoms with E-state index in [1.807, 2.05) is 6.20 Å². The number of hydrogen-bond donors (Lipinski definition) is 0. The van der Waals surface area contributed by atoms with E-state index in [0.717, 1.165) is 26.3 Å². The zero-order valence-electron chi connectivity index (χ0n) is 6.75. The quantitative estimate of drug-likeness (QED) is 0.541. The summed E-state index contributed by atoms with van der Waals surface area (Å²) < 4.78 is 5.15. The van der Waals surface area contributed by atoms with Crippen molar-refractivity contribution in [1.82, 2.24) is 4.90 Å². The van der Waals surface area contributed by atoms with Gasteiger partial charge in [0, 0.05) is 19.3 Å². The Hall–Kier alpha value is -0.830. The maximum absolute atomic E-state index is 10.5. The van der Waals surface area contributed by atoms with E-state index in [4.69, 9.17) is 4.74 Å². The number of ketones is 1. The van der Waals surface area contributed by atoms with Crippen LogP contribution in [0.5, 0.6) is 0 Å². The summed E-state index contributed by atoms with van der Waals surface area (Å²) in [6.45, 7) is 4.87. The third-order valence-corrected chi connectivity index (χ3v) is 1.57. The van der Waals surface area contributed by atoms with Gasteiger partial charge < -0.3 is 9.64 Å². The first-order valence-electron chi connectivity index (χ1n) is 3.79. The number of nitrogens with zero attached hydrogens (tertiary/aromatic N) is 1. The third-order valence-electron chi connectivity index (χ3n) is 1.57. The average Bonchev–Trinajstić information content (AvgIpc) is 2.03. The lowest BCUT2D eigenvalue weighted by Gasteiger charge is -2.24. The molecule has 0 atom stereocenters. The van der Waals surface area contributed by atoms with Crippen LogP contribution in [0.25, 0.3) is 0 Å². The minimum atomic E-state index is 0.0940. The molecule has 3 heteroatoms. The van der Waals surface area contributed by atoms with E-state index in [1.54, 1.807) is 13.0 Å². The van der Waals surface area contributed by atoms with Crippen LogP contribution in [0, 0.1) is 0 Å². The molecule has 62 valence electrons. The van der Waals surface area contributed by atoms with E-state index in [9.17, 15) is 4.79 Å². The summed E-state index contributed by atoms with van der Waals surface area (Å²) >= 11 is 0. The van der Waals surface area contributed by atoms with Gasteiger partial charge in [0.25, 0.3) is 0 Å². The molecule has 0 spiro atoms. The number of morpholine rings is 1. The number of carbonyl (C=O) groups is 1. The van der Waals surface area contributed by atoms with Gasteiger partial charge >= 0.3 is 0 Å². The number of hydrogen-bond acceptors (Lipinski definition) is 3. The Bertz CT molecular complexity index is 159. The van der Waals surface area contributed by atoms with Crippen LogP contribution in [-0.2, 0) is 9.53 Å². The molecule has 1 fully saturated rings. The molecule has 1 saturated heterocycles. The van der Waals surface area contributed by atoms with Crippen LogP contribution >= 0.6 is 0 Å². The highest BCUT2D eigenvalue weighted by Crippen LogP contribution is 1.96. The summed E-state index contributed by atoms with van der Waals surface area (Å²) in [5.41, 5.74) is 0. The standard InChI is InChI=1S/C8H13NO2/c1-8(10)2-3-9-4-6-11-7-5-9/h2-3H,4-7H2,1H3/b3-2+. The maximum atomic E-state index is 10.5. The second kappa shape index (κ2) is 4.13. The lowest BCUT2D eigenvalue weighted by atomic mass is 10.4. The topological polar surface area (TPSA) is 29.5 Å². The minimum absolute atomic E-state index is 0.0940. The van der Waals surface area contributed by atoms with E-state index >= 15 is 0 Å². The van der Waals surface area contributed by atoms with Gasteiger partial charge in [-0.05, 0) is 13.0 Å². The highest BCUT2D eigenvalue weighted by molar-refractivity contribution is 5.87. The smallest absolute Gasteiger partial charge is 0.154 e. The fourth-order valence-corrected chi connectivity index (χ4v) is 0.937. The van der Waals surface area contributed by atoms with Crippen LogP contribution in [0.1, 0.15) is 6.92 Å². The van der Waals surface area contributed by atoms with Gasteiger partial charge in [0.05, 0.1) is 13.2 Å². The molecule has 0 radical (unpaired) electrons. The molecule has 1 aliphatic heterocycles. The Balaban J connectivity index is 2.29. The first-order chi connectivity index (χ1) is 5.29. The second-order valence-electron chi connectivity index (χ2n) is 2.57. The van der Waals surface area contributed by atoms with Crippen LogP contribution in [0.2, 0.25) is 0 Å². The molecule has 0 N–H and O–H groups in total.